The molecule has 2 atom stereocenters. The number of hydrogen-bond acceptors (Lipinski definition) is 2. The summed E-state index contributed by atoms with van der Waals surface area (Å²) in [6.45, 7) is 0. The highest BCUT2D eigenvalue weighted by molar-refractivity contribution is 6.24. The predicted octanol–water partition coefficient (Wildman–Crippen LogP) is 1.96. The summed E-state index contributed by atoms with van der Waals surface area (Å²) >= 11 is 4.99. The summed E-state index contributed by atoms with van der Waals surface area (Å²) in [7, 11) is 0. The van der Waals surface area contributed by atoms with E-state index in [1.54, 1.807) is 0 Å². The van der Waals surface area contributed by atoms with Gasteiger partial charge in [-0.15, -0.1) is 0 Å². The van der Waals surface area contributed by atoms with Gasteiger partial charge in [0.25, 0.3) is 5.70 Å². The molecule has 0 bridgehead atoms. The number of nitro groups is 1. The summed E-state index contributed by atoms with van der Waals surface area (Å²) in [5.74, 6) is 0. The van der Waals surface area contributed by atoms with E-state index in [1.165, 1.54) is 0 Å². The lowest BCUT2D eigenvalue weighted by Gasteiger charge is -2.18. The molecule has 0 amide bonds. The van der Waals surface area contributed by atoms with Crippen molar-refractivity contribution in [3.05, 3.63) is 34.0 Å². The van der Waals surface area contributed by atoms with Crippen molar-refractivity contribution in [3.8, 4) is 0 Å². The van der Waals surface area contributed by atoms with E-state index in [2.05, 4.69) is 0 Å². The minimum Gasteiger partial charge on any atom is -0.259 e. The fourth-order valence-electron chi connectivity index (χ4n) is 0.795. The number of allylic oxidation sites excluding steroid dienone is 4. The fourth-order valence-corrected chi connectivity index (χ4v) is 0.979. The Morgan fingerprint density at radius 1 is 1.75 bits per heavy atom. The van der Waals surface area contributed by atoms with Crippen LogP contribution in [0.15, 0.2) is 23.9 Å². The summed E-state index contributed by atoms with van der Waals surface area (Å²) in [5, 5.41) is 7.30. The van der Waals surface area contributed by atoms with Crippen LogP contribution in [0.1, 0.15) is 0 Å². The van der Waals surface area contributed by atoms with Crippen molar-refractivity contribution in [2.75, 3.05) is 0 Å². The Morgan fingerprint density at radius 3 is 2.75 bits per heavy atom. The zero-order valence-corrected chi connectivity index (χ0v) is 6.46. The molecule has 12 heavy (non-hydrogen) atoms. The van der Waals surface area contributed by atoms with Gasteiger partial charge in [0.05, 0.1) is 4.92 Å². The van der Waals surface area contributed by atoms with Crippen LogP contribution in [0.3, 0.4) is 0 Å². The zero-order chi connectivity index (χ0) is 9.35. The van der Waals surface area contributed by atoms with Gasteiger partial charge in [0, 0.05) is 6.08 Å². The van der Waals surface area contributed by atoms with Gasteiger partial charge < -0.3 is 0 Å². The van der Waals surface area contributed by atoms with E-state index in [-0.39, 0.29) is 0 Å². The molecule has 1 aliphatic rings. The molecule has 1 aliphatic carbocycles. The highest BCUT2D eigenvalue weighted by Crippen LogP contribution is 2.33. The molecule has 0 saturated heterocycles. The van der Waals surface area contributed by atoms with Gasteiger partial charge in [-0.1, -0.05) is 17.7 Å². The summed E-state index contributed by atoms with van der Waals surface area (Å²) in [5.41, 5.74) is -0.866. The van der Waals surface area contributed by atoms with Crippen molar-refractivity contribution in [2.45, 2.75) is 11.3 Å². The van der Waals surface area contributed by atoms with E-state index in [0.717, 1.165) is 18.2 Å². The highest BCUT2D eigenvalue weighted by Gasteiger charge is 2.45. The first-order valence-electron chi connectivity index (χ1n) is 3.01. The van der Waals surface area contributed by atoms with Crippen LogP contribution in [0.2, 0.25) is 0 Å². The van der Waals surface area contributed by atoms with Gasteiger partial charge in [-0.2, -0.15) is 0 Å². The van der Waals surface area contributed by atoms with Gasteiger partial charge in [0.1, 0.15) is 0 Å². The minimum atomic E-state index is -2.79. The largest absolute Gasteiger partial charge is 0.285 e. The van der Waals surface area contributed by atoms with Crippen LogP contribution in [0.4, 0.5) is 8.78 Å². The second-order valence-corrected chi connectivity index (χ2v) is 2.82. The third-order valence-corrected chi connectivity index (χ3v) is 1.71. The standard InChI is InChI=1S/C6H4ClF2NO2/c7-6(9)3-1-2-4(5(6)8)10(11)12/h1-3,5H. The molecule has 0 aliphatic heterocycles. The Morgan fingerprint density at radius 2 is 2.33 bits per heavy atom. The number of hydrogen-bond donors (Lipinski definition) is 0. The monoisotopic (exact) mass is 195 g/mol. The zero-order valence-electron chi connectivity index (χ0n) is 5.71. The molecule has 66 valence electrons. The first kappa shape index (κ1) is 9.12. The van der Waals surface area contributed by atoms with E-state index in [4.69, 9.17) is 11.6 Å². The van der Waals surface area contributed by atoms with Gasteiger partial charge in [-0.3, -0.25) is 10.1 Å². The molecule has 3 nitrogen and oxygen atoms in total. The maximum atomic E-state index is 12.8. The van der Waals surface area contributed by atoms with E-state index in [0.29, 0.717) is 0 Å². The van der Waals surface area contributed by atoms with Crippen LogP contribution in [0, 0.1) is 10.1 Å². The highest BCUT2D eigenvalue weighted by atomic mass is 35.5. The summed E-state index contributed by atoms with van der Waals surface area (Å²) in [6, 6.07) is 0. The number of halogens is 3. The molecule has 0 aromatic heterocycles. The van der Waals surface area contributed by atoms with Crippen molar-refractivity contribution in [2.24, 2.45) is 0 Å². The molecule has 1 rings (SSSR count). The van der Waals surface area contributed by atoms with Gasteiger partial charge in [-0.05, 0) is 6.08 Å². The molecule has 0 radical (unpaired) electrons. The second kappa shape index (κ2) is 2.82. The average Bonchev–Trinajstić information content (AvgIpc) is 1.94. The Labute approximate surface area is 71.5 Å². The van der Waals surface area contributed by atoms with Crippen molar-refractivity contribution in [1.82, 2.24) is 0 Å². The van der Waals surface area contributed by atoms with Gasteiger partial charge in [0.15, 0.2) is 0 Å². The first-order valence-corrected chi connectivity index (χ1v) is 3.38. The topological polar surface area (TPSA) is 43.1 Å². The van der Waals surface area contributed by atoms with E-state index >= 15 is 0 Å². The summed E-state index contributed by atoms with van der Waals surface area (Å²) in [6.07, 6.45) is 0.206. The smallest absolute Gasteiger partial charge is 0.259 e. The Kier molecular flexibility index (Phi) is 2.14. The average molecular weight is 196 g/mol. The molecular formula is C6H4ClF2NO2. The van der Waals surface area contributed by atoms with E-state index in [1.807, 2.05) is 0 Å². The number of nitrogens with zero attached hydrogens (tertiary/aromatic N) is 1. The molecule has 0 aromatic rings. The molecule has 0 heterocycles. The molecule has 0 spiro atoms. The fraction of sp³-hybridized carbons (Fsp3) is 0.333. The summed E-state index contributed by atoms with van der Waals surface area (Å²) in [4.78, 5) is 9.10. The molecule has 0 aromatic carbocycles. The van der Waals surface area contributed by atoms with Crippen molar-refractivity contribution in [3.63, 3.8) is 0 Å². The van der Waals surface area contributed by atoms with Crippen LogP contribution in [-0.4, -0.2) is 16.2 Å². The lowest BCUT2D eigenvalue weighted by atomic mass is 10.1. The lowest BCUT2D eigenvalue weighted by molar-refractivity contribution is -0.435. The molecule has 0 saturated carbocycles. The lowest BCUT2D eigenvalue weighted by Crippen LogP contribution is -2.32. The maximum absolute atomic E-state index is 12.8. The second-order valence-electron chi connectivity index (χ2n) is 2.24. The molecule has 0 fully saturated rings. The van der Waals surface area contributed by atoms with Crippen LogP contribution in [0.5, 0.6) is 0 Å². The van der Waals surface area contributed by atoms with Gasteiger partial charge in [0.2, 0.25) is 11.3 Å². The maximum Gasteiger partial charge on any atom is 0.285 e. The Hall–Kier alpha value is -0.970. The van der Waals surface area contributed by atoms with Crippen LogP contribution >= 0.6 is 11.6 Å². The first-order chi connectivity index (χ1) is 5.45. The molecule has 0 N–H and O–H groups in total. The van der Waals surface area contributed by atoms with Crippen molar-refractivity contribution in [1.29, 1.82) is 0 Å². The molecular weight excluding hydrogens is 192 g/mol. The predicted molar refractivity (Wildman–Crippen MR) is 38.8 cm³/mol. The van der Waals surface area contributed by atoms with Gasteiger partial charge in [-0.25, -0.2) is 8.78 Å². The minimum absolute atomic E-state index is 0.728. The molecule has 2 unspecified atom stereocenters. The molecule has 6 heteroatoms. The quantitative estimate of drug-likeness (QED) is 0.365. The third kappa shape index (κ3) is 1.45. The normalized spacial score (nSPS) is 34.6. The Balaban J connectivity index is 2.99. The SMILES string of the molecule is O=[N+]([O-])C1=CC=CC(F)(Cl)C1F. The Bertz CT molecular complexity index is 275. The van der Waals surface area contributed by atoms with Crippen LogP contribution in [-0.2, 0) is 0 Å². The van der Waals surface area contributed by atoms with Crippen molar-refractivity contribution >= 4 is 11.6 Å². The van der Waals surface area contributed by atoms with Crippen LogP contribution in [0.25, 0.3) is 0 Å². The van der Waals surface area contributed by atoms with Crippen LogP contribution < -0.4 is 0 Å². The third-order valence-electron chi connectivity index (χ3n) is 1.39. The van der Waals surface area contributed by atoms with E-state index < -0.39 is 21.9 Å². The number of rotatable bonds is 1. The van der Waals surface area contributed by atoms with Gasteiger partial charge >= 0.3 is 0 Å². The van der Waals surface area contributed by atoms with E-state index in [9.17, 15) is 18.9 Å². The number of alkyl halides is 3. The summed E-state index contributed by atoms with van der Waals surface area (Å²) < 4.78 is 25.6. The van der Waals surface area contributed by atoms with Crippen molar-refractivity contribution < 1.29 is 13.7 Å².